The Morgan fingerprint density at radius 1 is 1.00 bits per heavy atom. The van der Waals surface area contributed by atoms with Crippen molar-refractivity contribution in [1.29, 1.82) is 0 Å². The second-order valence-electron chi connectivity index (χ2n) is 7.03. The van der Waals surface area contributed by atoms with E-state index in [0.717, 1.165) is 15.5 Å². The minimum atomic E-state index is -1.11. The van der Waals surface area contributed by atoms with Crippen molar-refractivity contribution in [3.05, 3.63) is 59.7 Å². The Morgan fingerprint density at radius 2 is 1.66 bits per heavy atom. The SMILES string of the molecule is O=C1c2ccccc2C(=O)N1CCOC(=O)[C@]12CCC(=O)N1c1ccccc1S2. The lowest BCUT2D eigenvalue weighted by molar-refractivity contribution is -0.146. The Kier molecular flexibility index (Phi) is 3.99. The summed E-state index contributed by atoms with van der Waals surface area (Å²) in [5.41, 5.74) is 1.44. The number of rotatable bonds is 4. The van der Waals surface area contributed by atoms with Gasteiger partial charge in [0.25, 0.3) is 11.8 Å². The number of imide groups is 1. The molecule has 0 spiro atoms. The number of fused-ring (bicyclic) bond motifs is 4. The fourth-order valence-corrected chi connectivity index (χ4v) is 5.47. The summed E-state index contributed by atoms with van der Waals surface area (Å²) in [4.78, 5) is 52.6. The minimum Gasteiger partial charge on any atom is -0.461 e. The van der Waals surface area contributed by atoms with Crippen molar-refractivity contribution in [3.8, 4) is 0 Å². The number of esters is 1. The summed E-state index contributed by atoms with van der Waals surface area (Å²) >= 11 is 1.32. The third-order valence-electron chi connectivity index (χ3n) is 5.42. The molecule has 29 heavy (non-hydrogen) atoms. The second kappa shape index (κ2) is 6.45. The fraction of sp³-hybridized carbons (Fsp3) is 0.238. The maximum atomic E-state index is 13.0. The highest BCUT2D eigenvalue weighted by molar-refractivity contribution is 8.02. The molecule has 5 rings (SSSR count). The van der Waals surface area contributed by atoms with Gasteiger partial charge < -0.3 is 4.74 Å². The van der Waals surface area contributed by atoms with Gasteiger partial charge in [0.15, 0.2) is 4.87 Å². The van der Waals surface area contributed by atoms with E-state index in [1.807, 2.05) is 24.3 Å². The second-order valence-corrected chi connectivity index (χ2v) is 8.35. The van der Waals surface area contributed by atoms with Gasteiger partial charge in [-0.2, -0.15) is 0 Å². The smallest absolute Gasteiger partial charge is 0.343 e. The third-order valence-corrected chi connectivity index (χ3v) is 6.87. The quantitative estimate of drug-likeness (QED) is 0.571. The van der Waals surface area contributed by atoms with Crippen molar-refractivity contribution in [2.24, 2.45) is 0 Å². The van der Waals surface area contributed by atoms with Gasteiger partial charge in [-0.05, 0) is 24.3 Å². The molecule has 146 valence electrons. The minimum absolute atomic E-state index is 0.0280. The van der Waals surface area contributed by atoms with Crippen LogP contribution in [0.4, 0.5) is 5.69 Å². The van der Waals surface area contributed by atoms with E-state index in [4.69, 9.17) is 4.74 Å². The number of para-hydroxylation sites is 1. The van der Waals surface area contributed by atoms with E-state index in [1.54, 1.807) is 24.3 Å². The third kappa shape index (κ3) is 2.52. The Balaban J connectivity index is 1.29. The van der Waals surface area contributed by atoms with Gasteiger partial charge in [0.1, 0.15) is 6.61 Å². The van der Waals surface area contributed by atoms with E-state index in [2.05, 4.69) is 0 Å². The van der Waals surface area contributed by atoms with Crippen LogP contribution in [0.25, 0.3) is 0 Å². The van der Waals surface area contributed by atoms with E-state index in [0.29, 0.717) is 17.5 Å². The molecule has 3 aliphatic heterocycles. The average Bonchev–Trinajstić information content (AvgIpc) is 3.33. The van der Waals surface area contributed by atoms with Crippen LogP contribution in [0.5, 0.6) is 0 Å². The molecule has 0 bridgehead atoms. The first-order valence-electron chi connectivity index (χ1n) is 9.26. The molecule has 3 amide bonds. The number of carbonyl (C=O) groups is 4. The van der Waals surface area contributed by atoms with Crippen molar-refractivity contribution in [1.82, 2.24) is 4.90 Å². The van der Waals surface area contributed by atoms with E-state index in [1.165, 1.54) is 16.7 Å². The van der Waals surface area contributed by atoms with Gasteiger partial charge in [-0.3, -0.25) is 24.2 Å². The highest BCUT2D eigenvalue weighted by Gasteiger charge is 2.58. The zero-order chi connectivity index (χ0) is 20.2. The first-order chi connectivity index (χ1) is 14.0. The number of thioether (sulfide) groups is 1. The van der Waals surface area contributed by atoms with E-state index in [9.17, 15) is 19.2 Å². The monoisotopic (exact) mass is 408 g/mol. The van der Waals surface area contributed by atoms with Gasteiger partial charge in [-0.25, -0.2) is 4.79 Å². The molecule has 3 aliphatic rings. The molecule has 2 aromatic carbocycles. The molecule has 0 aromatic heterocycles. The van der Waals surface area contributed by atoms with Crippen LogP contribution < -0.4 is 4.90 Å². The summed E-state index contributed by atoms with van der Waals surface area (Å²) in [6, 6.07) is 14.0. The number of carbonyl (C=O) groups excluding carboxylic acids is 4. The molecule has 0 N–H and O–H groups in total. The van der Waals surface area contributed by atoms with Crippen LogP contribution in [-0.4, -0.2) is 46.6 Å². The number of hydrogen-bond acceptors (Lipinski definition) is 6. The molecule has 0 unspecified atom stereocenters. The highest BCUT2D eigenvalue weighted by Crippen LogP contribution is 2.56. The van der Waals surface area contributed by atoms with Gasteiger partial charge in [-0.15, -0.1) is 0 Å². The zero-order valence-electron chi connectivity index (χ0n) is 15.3. The molecule has 1 atom stereocenters. The van der Waals surface area contributed by atoms with E-state index >= 15 is 0 Å². The largest absolute Gasteiger partial charge is 0.461 e. The molecule has 0 saturated carbocycles. The maximum Gasteiger partial charge on any atom is 0.343 e. The number of anilines is 1. The predicted octanol–water partition coefficient (Wildman–Crippen LogP) is 2.45. The van der Waals surface area contributed by atoms with E-state index in [-0.39, 0.29) is 37.3 Å². The summed E-state index contributed by atoms with van der Waals surface area (Å²) in [6.07, 6.45) is 0.631. The standard InChI is InChI=1S/C21H16N2O5S/c24-17-9-10-21(23(17)15-7-3-4-8-16(15)29-21)20(27)28-12-11-22-18(25)13-5-1-2-6-14(13)19(22)26/h1-8H,9-12H2/t21-/m1/s1. The summed E-state index contributed by atoms with van der Waals surface area (Å²) < 4.78 is 5.47. The maximum absolute atomic E-state index is 13.0. The van der Waals surface area contributed by atoms with Gasteiger partial charge in [0.2, 0.25) is 5.91 Å². The van der Waals surface area contributed by atoms with Crippen molar-refractivity contribution < 1.29 is 23.9 Å². The molecule has 1 saturated heterocycles. The van der Waals surface area contributed by atoms with Crippen molar-refractivity contribution in [3.63, 3.8) is 0 Å². The van der Waals surface area contributed by atoms with Crippen LogP contribution in [0.3, 0.4) is 0 Å². The number of hydrogen-bond donors (Lipinski definition) is 0. The number of amides is 3. The Labute approximate surface area is 170 Å². The van der Waals surface area contributed by atoms with E-state index < -0.39 is 10.8 Å². The predicted molar refractivity (Wildman–Crippen MR) is 105 cm³/mol. The Hall–Kier alpha value is -3.13. The summed E-state index contributed by atoms with van der Waals surface area (Å²) in [7, 11) is 0. The molecule has 8 heteroatoms. The Bertz CT molecular complexity index is 1050. The van der Waals surface area contributed by atoms with Crippen molar-refractivity contribution in [2.75, 3.05) is 18.1 Å². The fourth-order valence-electron chi connectivity index (χ4n) is 4.06. The van der Waals surface area contributed by atoms with Crippen LogP contribution in [0, 0.1) is 0 Å². The molecule has 7 nitrogen and oxygen atoms in total. The molecule has 3 heterocycles. The van der Waals surface area contributed by atoms with Gasteiger partial charge >= 0.3 is 5.97 Å². The van der Waals surface area contributed by atoms with Gasteiger partial charge in [-0.1, -0.05) is 36.0 Å². The Morgan fingerprint density at radius 3 is 2.38 bits per heavy atom. The van der Waals surface area contributed by atoms with Crippen LogP contribution >= 0.6 is 11.8 Å². The van der Waals surface area contributed by atoms with Crippen LogP contribution in [0.15, 0.2) is 53.4 Å². The summed E-state index contributed by atoms with van der Waals surface area (Å²) in [5.74, 6) is -1.42. The first-order valence-corrected chi connectivity index (χ1v) is 10.1. The molecular weight excluding hydrogens is 392 g/mol. The highest BCUT2D eigenvalue weighted by atomic mass is 32.2. The van der Waals surface area contributed by atoms with Crippen LogP contribution in [0.1, 0.15) is 33.6 Å². The van der Waals surface area contributed by atoms with Crippen molar-refractivity contribution >= 4 is 41.1 Å². The van der Waals surface area contributed by atoms with Crippen LogP contribution in [-0.2, 0) is 14.3 Å². The lowest BCUT2D eigenvalue weighted by Gasteiger charge is -2.28. The number of ether oxygens (including phenoxy) is 1. The van der Waals surface area contributed by atoms with Gasteiger partial charge in [0.05, 0.1) is 23.4 Å². The normalized spacial score (nSPS) is 22.0. The molecule has 0 aliphatic carbocycles. The van der Waals surface area contributed by atoms with Gasteiger partial charge in [0, 0.05) is 17.7 Å². The molecule has 0 radical (unpaired) electrons. The zero-order valence-corrected chi connectivity index (χ0v) is 16.1. The summed E-state index contributed by atoms with van der Waals surface area (Å²) in [5, 5.41) is 0. The topological polar surface area (TPSA) is 84.0 Å². The first kappa shape index (κ1) is 17.9. The average molecular weight is 408 g/mol. The lowest BCUT2D eigenvalue weighted by Crippen LogP contribution is -2.48. The lowest BCUT2D eigenvalue weighted by atomic mass is 10.1. The molecule has 2 aromatic rings. The van der Waals surface area contributed by atoms with Crippen molar-refractivity contribution in [2.45, 2.75) is 22.6 Å². The molecular formula is C21H16N2O5S. The summed E-state index contributed by atoms with van der Waals surface area (Å²) in [6.45, 7) is -0.148. The number of nitrogens with zero attached hydrogens (tertiary/aromatic N) is 2. The number of benzene rings is 2. The van der Waals surface area contributed by atoms with Crippen LogP contribution in [0.2, 0.25) is 0 Å². The molecule has 1 fully saturated rings.